The van der Waals surface area contributed by atoms with Crippen molar-refractivity contribution in [2.75, 3.05) is 19.0 Å². The molecule has 0 fully saturated rings. The number of amides is 1. The highest BCUT2D eigenvalue weighted by molar-refractivity contribution is 5.99. The smallest absolute Gasteiger partial charge is 0.387 e. The number of ether oxygens (including phenoxy) is 2. The minimum Gasteiger partial charge on any atom is -0.497 e. The van der Waals surface area contributed by atoms with Crippen LogP contribution in [0.3, 0.4) is 0 Å². The van der Waals surface area contributed by atoms with Crippen molar-refractivity contribution in [1.29, 1.82) is 0 Å². The molecule has 0 radical (unpaired) electrons. The molecule has 0 spiro atoms. The second-order valence-corrected chi connectivity index (χ2v) is 5.22. The number of benzene rings is 2. The van der Waals surface area contributed by atoms with Crippen LogP contribution in [0, 0.1) is 0 Å². The predicted octanol–water partition coefficient (Wildman–Crippen LogP) is 3.25. The fourth-order valence-corrected chi connectivity index (χ4v) is 2.04. The van der Waals surface area contributed by atoms with Crippen LogP contribution in [0.4, 0.5) is 14.5 Å². The molecule has 0 aliphatic carbocycles. The fraction of sp³-hybridized carbons (Fsp3) is 0.222. The summed E-state index contributed by atoms with van der Waals surface area (Å²) < 4.78 is 33.9. The van der Waals surface area contributed by atoms with Gasteiger partial charge >= 0.3 is 6.61 Å². The Bertz CT molecular complexity index is 765. The van der Waals surface area contributed by atoms with E-state index in [1.807, 2.05) is 0 Å². The van der Waals surface area contributed by atoms with Crippen LogP contribution in [-0.4, -0.2) is 31.9 Å². The third kappa shape index (κ3) is 6.04. The largest absolute Gasteiger partial charge is 0.497 e. The number of halogens is 2. The summed E-state index contributed by atoms with van der Waals surface area (Å²) in [6.07, 6.45) is 0. The topological polar surface area (TPSA) is 72.0 Å². The Morgan fingerprint density at radius 3 is 2.54 bits per heavy atom. The highest BCUT2D eigenvalue weighted by Crippen LogP contribution is 2.16. The number of carbonyl (C=O) groups is 1. The molecular weight excluding hydrogens is 344 g/mol. The molecule has 0 saturated heterocycles. The fourth-order valence-electron chi connectivity index (χ4n) is 2.04. The number of carbonyl (C=O) groups excluding carboxylic acids is 1. The molecular formula is C18H19F2N3O3. The molecule has 0 aliphatic heterocycles. The van der Waals surface area contributed by atoms with Crippen LogP contribution >= 0.6 is 0 Å². The highest BCUT2D eigenvalue weighted by atomic mass is 19.3. The number of alkyl halides is 2. The number of hydrazone groups is 1. The quantitative estimate of drug-likeness (QED) is 0.558. The minimum absolute atomic E-state index is 0.0254. The van der Waals surface area contributed by atoms with Crippen molar-refractivity contribution in [3.05, 3.63) is 54.1 Å². The van der Waals surface area contributed by atoms with Gasteiger partial charge in [-0.05, 0) is 43.3 Å². The monoisotopic (exact) mass is 363 g/mol. The van der Waals surface area contributed by atoms with Gasteiger partial charge in [0.1, 0.15) is 11.5 Å². The van der Waals surface area contributed by atoms with Gasteiger partial charge in [0.25, 0.3) is 5.91 Å². The molecule has 0 aromatic heterocycles. The van der Waals surface area contributed by atoms with E-state index in [2.05, 4.69) is 20.6 Å². The van der Waals surface area contributed by atoms with Gasteiger partial charge in [-0.25, -0.2) is 5.43 Å². The average Bonchev–Trinajstić information content (AvgIpc) is 2.64. The zero-order chi connectivity index (χ0) is 18.9. The van der Waals surface area contributed by atoms with Crippen molar-refractivity contribution in [1.82, 2.24) is 5.43 Å². The molecule has 6 nitrogen and oxygen atoms in total. The van der Waals surface area contributed by atoms with Gasteiger partial charge in [0.2, 0.25) is 0 Å². The lowest BCUT2D eigenvalue weighted by Crippen LogP contribution is -2.26. The van der Waals surface area contributed by atoms with Crippen LogP contribution in [0.25, 0.3) is 0 Å². The van der Waals surface area contributed by atoms with E-state index in [0.717, 1.165) is 11.4 Å². The van der Waals surface area contributed by atoms with Gasteiger partial charge in [-0.2, -0.15) is 13.9 Å². The second kappa shape index (κ2) is 9.36. The third-order valence-electron chi connectivity index (χ3n) is 3.37. The number of hydrogen-bond donors (Lipinski definition) is 2. The Morgan fingerprint density at radius 1 is 1.15 bits per heavy atom. The SMILES string of the molecule is COc1ccc(NCC(=O)N/N=C(\C)c2cccc(OC(F)F)c2)cc1. The van der Waals surface area contributed by atoms with Crippen molar-refractivity contribution in [3.63, 3.8) is 0 Å². The Balaban J connectivity index is 1.88. The van der Waals surface area contributed by atoms with Crippen LogP contribution in [0.15, 0.2) is 53.6 Å². The van der Waals surface area contributed by atoms with Gasteiger partial charge < -0.3 is 14.8 Å². The first-order valence-electron chi connectivity index (χ1n) is 7.74. The Labute approximate surface area is 149 Å². The summed E-state index contributed by atoms with van der Waals surface area (Å²) in [6.45, 7) is -1.22. The van der Waals surface area contributed by atoms with E-state index in [0.29, 0.717) is 11.3 Å². The van der Waals surface area contributed by atoms with E-state index in [9.17, 15) is 13.6 Å². The summed E-state index contributed by atoms with van der Waals surface area (Å²) >= 11 is 0. The lowest BCUT2D eigenvalue weighted by Gasteiger charge is -2.08. The molecule has 0 heterocycles. The molecule has 2 N–H and O–H groups in total. The predicted molar refractivity (Wildman–Crippen MR) is 94.9 cm³/mol. The van der Waals surface area contributed by atoms with E-state index >= 15 is 0 Å². The molecule has 0 saturated carbocycles. The number of methoxy groups -OCH3 is 1. The van der Waals surface area contributed by atoms with Crippen molar-refractivity contribution < 1.29 is 23.0 Å². The van der Waals surface area contributed by atoms with Crippen LogP contribution < -0.4 is 20.2 Å². The molecule has 138 valence electrons. The van der Waals surface area contributed by atoms with Crippen molar-refractivity contribution in [2.24, 2.45) is 5.10 Å². The summed E-state index contributed by atoms with van der Waals surface area (Å²) in [6, 6.07) is 13.2. The second-order valence-electron chi connectivity index (χ2n) is 5.22. The van der Waals surface area contributed by atoms with E-state index < -0.39 is 6.61 Å². The number of nitrogens with one attached hydrogen (secondary N) is 2. The average molecular weight is 363 g/mol. The van der Waals surface area contributed by atoms with E-state index in [1.54, 1.807) is 50.4 Å². The Kier molecular flexibility index (Phi) is 6.90. The third-order valence-corrected chi connectivity index (χ3v) is 3.37. The van der Waals surface area contributed by atoms with Crippen molar-refractivity contribution >= 4 is 17.3 Å². The highest BCUT2D eigenvalue weighted by Gasteiger charge is 2.06. The molecule has 1 amide bonds. The van der Waals surface area contributed by atoms with Crippen LogP contribution in [0.2, 0.25) is 0 Å². The number of nitrogens with zero attached hydrogens (tertiary/aromatic N) is 1. The zero-order valence-corrected chi connectivity index (χ0v) is 14.3. The molecule has 2 aromatic carbocycles. The van der Waals surface area contributed by atoms with Crippen molar-refractivity contribution in [3.8, 4) is 11.5 Å². The summed E-state index contributed by atoms with van der Waals surface area (Å²) in [4.78, 5) is 11.9. The van der Waals surface area contributed by atoms with Crippen LogP contribution in [-0.2, 0) is 4.79 Å². The summed E-state index contributed by atoms with van der Waals surface area (Å²) in [5.41, 5.74) is 4.19. The maximum atomic E-state index is 12.3. The number of hydrogen-bond acceptors (Lipinski definition) is 5. The molecule has 0 atom stereocenters. The molecule has 26 heavy (non-hydrogen) atoms. The Hall–Kier alpha value is -3.16. The molecule has 0 bridgehead atoms. The van der Waals surface area contributed by atoms with E-state index in [4.69, 9.17) is 4.74 Å². The minimum atomic E-state index is -2.90. The van der Waals surface area contributed by atoms with Crippen molar-refractivity contribution in [2.45, 2.75) is 13.5 Å². The summed E-state index contributed by atoms with van der Waals surface area (Å²) in [7, 11) is 1.57. The maximum Gasteiger partial charge on any atom is 0.387 e. The number of anilines is 1. The van der Waals surface area contributed by atoms with E-state index in [-0.39, 0.29) is 18.2 Å². The first-order valence-corrected chi connectivity index (χ1v) is 7.74. The summed E-state index contributed by atoms with van der Waals surface area (Å²) in [5, 5.41) is 6.92. The van der Waals surface area contributed by atoms with Gasteiger partial charge in [-0.3, -0.25) is 4.79 Å². The molecule has 2 aromatic rings. The molecule has 8 heteroatoms. The van der Waals surface area contributed by atoms with Crippen LogP contribution in [0.1, 0.15) is 12.5 Å². The van der Waals surface area contributed by atoms with Gasteiger partial charge in [-0.1, -0.05) is 12.1 Å². The molecule has 0 unspecified atom stereocenters. The molecule has 2 rings (SSSR count). The summed E-state index contributed by atoms with van der Waals surface area (Å²) in [5.74, 6) is 0.401. The van der Waals surface area contributed by atoms with Gasteiger partial charge in [0, 0.05) is 11.3 Å². The first kappa shape index (κ1) is 19.2. The lowest BCUT2D eigenvalue weighted by atomic mass is 10.1. The standard InChI is InChI=1S/C18H19F2N3O3/c1-12(13-4-3-5-16(10-13)26-18(19)20)22-23-17(24)11-21-14-6-8-15(25-2)9-7-14/h3-10,18,21H,11H2,1-2H3,(H,23,24)/b22-12+. The van der Waals surface area contributed by atoms with Gasteiger partial charge in [0.15, 0.2) is 0 Å². The maximum absolute atomic E-state index is 12.3. The molecule has 0 aliphatic rings. The Morgan fingerprint density at radius 2 is 1.88 bits per heavy atom. The zero-order valence-electron chi connectivity index (χ0n) is 14.3. The van der Waals surface area contributed by atoms with Gasteiger partial charge in [0.05, 0.1) is 19.4 Å². The lowest BCUT2D eigenvalue weighted by molar-refractivity contribution is -0.119. The van der Waals surface area contributed by atoms with Gasteiger partial charge in [-0.15, -0.1) is 0 Å². The van der Waals surface area contributed by atoms with Crippen LogP contribution in [0.5, 0.6) is 11.5 Å². The number of rotatable bonds is 8. The van der Waals surface area contributed by atoms with E-state index in [1.165, 1.54) is 12.1 Å². The normalized spacial score (nSPS) is 11.2. The first-order chi connectivity index (χ1) is 12.5.